The number of nitrogens with zero attached hydrogens (tertiary/aromatic N) is 1. The molecule has 0 atom stereocenters. The molecular formula is C17H13Cl2FN2O. The smallest absolute Gasteiger partial charge is 0.326 e. The average molecular weight is 351 g/mol. The number of hydrogen-bond donors (Lipinski definition) is 1. The second-order valence-electron chi connectivity index (χ2n) is 5.13. The molecule has 0 aromatic heterocycles. The Balaban J connectivity index is 2.24. The van der Waals surface area contributed by atoms with Crippen LogP contribution in [0.15, 0.2) is 43.0 Å². The first-order chi connectivity index (χ1) is 11.0. The van der Waals surface area contributed by atoms with Gasteiger partial charge in [0.15, 0.2) is 0 Å². The van der Waals surface area contributed by atoms with E-state index in [0.717, 1.165) is 5.56 Å². The number of benzene rings is 2. The summed E-state index contributed by atoms with van der Waals surface area (Å²) < 4.78 is 14.4. The highest BCUT2D eigenvalue weighted by Gasteiger charge is 2.30. The van der Waals surface area contributed by atoms with E-state index < -0.39 is 6.03 Å². The summed E-state index contributed by atoms with van der Waals surface area (Å²) in [7, 11) is 0. The second-order valence-corrected chi connectivity index (χ2v) is 5.95. The van der Waals surface area contributed by atoms with Crippen LogP contribution in [-0.4, -0.2) is 6.03 Å². The molecule has 0 saturated carbocycles. The first-order valence-corrected chi connectivity index (χ1v) is 7.72. The maximum Gasteiger partial charge on any atom is 0.326 e. The molecule has 2 aromatic carbocycles. The number of rotatable bonds is 3. The van der Waals surface area contributed by atoms with Crippen LogP contribution in [-0.2, 0) is 13.0 Å². The van der Waals surface area contributed by atoms with E-state index in [4.69, 9.17) is 23.2 Å². The Bertz CT molecular complexity index is 787. The summed E-state index contributed by atoms with van der Waals surface area (Å²) in [6.45, 7) is 3.78. The summed E-state index contributed by atoms with van der Waals surface area (Å²) in [5.41, 5.74) is 1.90. The standard InChI is InChI=1S/C17H13Cl2FN2O/c1-2-4-10-7-14(20)11-9-21-17(23)22(15(11)8-10)16-12(18)5-3-6-13(16)19/h2-3,5-8H,1,4,9H2,(H,21,23). The van der Waals surface area contributed by atoms with Crippen LogP contribution in [0.5, 0.6) is 0 Å². The molecule has 0 bridgehead atoms. The van der Waals surface area contributed by atoms with Crippen molar-refractivity contribution in [2.24, 2.45) is 0 Å². The van der Waals surface area contributed by atoms with Gasteiger partial charge in [-0.3, -0.25) is 4.90 Å². The molecule has 1 N–H and O–H groups in total. The highest BCUT2D eigenvalue weighted by atomic mass is 35.5. The molecular weight excluding hydrogens is 338 g/mol. The van der Waals surface area contributed by atoms with Gasteiger partial charge in [0.2, 0.25) is 0 Å². The van der Waals surface area contributed by atoms with E-state index in [2.05, 4.69) is 11.9 Å². The van der Waals surface area contributed by atoms with Gasteiger partial charge in [0.05, 0.1) is 21.4 Å². The van der Waals surface area contributed by atoms with E-state index in [1.807, 2.05) is 0 Å². The van der Waals surface area contributed by atoms with Crippen LogP contribution in [0.25, 0.3) is 0 Å². The minimum atomic E-state index is -0.400. The summed E-state index contributed by atoms with van der Waals surface area (Å²) in [6, 6.07) is 7.76. The second kappa shape index (κ2) is 6.22. The third-order valence-corrected chi connectivity index (χ3v) is 4.24. The zero-order valence-corrected chi connectivity index (χ0v) is 13.6. The topological polar surface area (TPSA) is 32.3 Å². The van der Waals surface area contributed by atoms with Crippen LogP contribution in [0, 0.1) is 5.82 Å². The summed E-state index contributed by atoms with van der Waals surface area (Å²) >= 11 is 12.4. The Morgan fingerprint density at radius 2 is 2.00 bits per heavy atom. The maximum atomic E-state index is 14.4. The first-order valence-electron chi connectivity index (χ1n) is 6.97. The number of carbonyl (C=O) groups excluding carboxylic acids is 1. The summed E-state index contributed by atoms with van der Waals surface area (Å²) in [4.78, 5) is 13.7. The van der Waals surface area contributed by atoms with Gasteiger partial charge in [-0.15, -0.1) is 6.58 Å². The van der Waals surface area contributed by atoms with Crippen LogP contribution in [0.1, 0.15) is 11.1 Å². The number of carbonyl (C=O) groups is 1. The van der Waals surface area contributed by atoms with Gasteiger partial charge in [-0.05, 0) is 36.2 Å². The predicted molar refractivity (Wildman–Crippen MR) is 91.1 cm³/mol. The van der Waals surface area contributed by atoms with Crippen molar-refractivity contribution in [3.8, 4) is 0 Å². The Labute approximate surface area is 143 Å². The molecule has 1 heterocycles. The molecule has 0 fully saturated rings. The number of anilines is 2. The number of allylic oxidation sites excluding steroid dienone is 1. The fraction of sp³-hybridized carbons (Fsp3) is 0.118. The van der Waals surface area contributed by atoms with Crippen molar-refractivity contribution >= 4 is 40.6 Å². The van der Waals surface area contributed by atoms with E-state index in [1.54, 1.807) is 30.3 Å². The van der Waals surface area contributed by atoms with Crippen molar-refractivity contribution in [1.29, 1.82) is 0 Å². The van der Waals surface area contributed by atoms with Gasteiger partial charge in [-0.2, -0.15) is 0 Å². The van der Waals surface area contributed by atoms with Crippen LogP contribution >= 0.6 is 23.2 Å². The normalized spacial score (nSPS) is 13.5. The summed E-state index contributed by atoms with van der Waals surface area (Å²) in [5, 5.41) is 3.27. The molecule has 0 aliphatic carbocycles. The minimum absolute atomic E-state index is 0.118. The molecule has 23 heavy (non-hydrogen) atoms. The number of nitrogens with one attached hydrogen (secondary N) is 1. The first kappa shape index (κ1) is 15.8. The number of hydrogen-bond acceptors (Lipinski definition) is 1. The van der Waals surface area contributed by atoms with Gasteiger partial charge in [-0.25, -0.2) is 9.18 Å². The molecule has 118 valence electrons. The Kier molecular flexibility index (Phi) is 4.28. The van der Waals surface area contributed by atoms with E-state index in [-0.39, 0.29) is 12.4 Å². The van der Waals surface area contributed by atoms with Crippen molar-refractivity contribution < 1.29 is 9.18 Å². The van der Waals surface area contributed by atoms with Gasteiger partial charge in [-0.1, -0.05) is 35.3 Å². The lowest BCUT2D eigenvalue weighted by Crippen LogP contribution is -2.42. The van der Waals surface area contributed by atoms with Gasteiger partial charge in [0, 0.05) is 12.1 Å². The zero-order valence-electron chi connectivity index (χ0n) is 12.1. The van der Waals surface area contributed by atoms with E-state index in [0.29, 0.717) is 33.4 Å². The largest absolute Gasteiger partial charge is 0.333 e. The Morgan fingerprint density at radius 1 is 1.30 bits per heavy atom. The van der Waals surface area contributed by atoms with Gasteiger partial charge in [0.1, 0.15) is 5.82 Å². The molecule has 0 unspecified atom stereocenters. The molecule has 3 rings (SSSR count). The number of para-hydroxylation sites is 1. The number of urea groups is 1. The lowest BCUT2D eigenvalue weighted by Gasteiger charge is -2.31. The minimum Gasteiger partial charge on any atom is -0.333 e. The zero-order chi connectivity index (χ0) is 16.6. The van der Waals surface area contributed by atoms with Crippen molar-refractivity contribution in [2.75, 3.05) is 4.90 Å². The fourth-order valence-corrected chi connectivity index (χ4v) is 3.18. The molecule has 6 heteroatoms. The van der Waals surface area contributed by atoms with E-state index in [1.165, 1.54) is 11.0 Å². The molecule has 0 saturated heterocycles. The highest BCUT2D eigenvalue weighted by Crippen LogP contribution is 2.41. The predicted octanol–water partition coefficient (Wildman–Crippen LogP) is 5.22. The lowest BCUT2D eigenvalue weighted by molar-refractivity contribution is 0.247. The monoisotopic (exact) mass is 350 g/mol. The van der Waals surface area contributed by atoms with Crippen LogP contribution in [0.2, 0.25) is 10.0 Å². The summed E-state index contributed by atoms with van der Waals surface area (Å²) in [5.74, 6) is -0.382. The molecule has 2 aromatic rings. The molecule has 1 aliphatic rings. The Hall–Kier alpha value is -2.04. The number of halogens is 3. The average Bonchev–Trinajstić information content (AvgIpc) is 2.49. The maximum absolute atomic E-state index is 14.4. The number of fused-ring (bicyclic) bond motifs is 1. The van der Waals surface area contributed by atoms with E-state index >= 15 is 0 Å². The molecule has 2 amide bonds. The number of amides is 2. The molecule has 0 radical (unpaired) electrons. The lowest BCUT2D eigenvalue weighted by atomic mass is 10.0. The van der Waals surface area contributed by atoms with Crippen molar-refractivity contribution in [3.63, 3.8) is 0 Å². The fourth-order valence-electron chi connectivity index (χ4n) is 2.61. The van der Waals surface area contributed by atoms with Gasteiger partial charge < -0.3 is 5.32 Å². The quantitative estimate of drug-likeness (QED) is 0.756. The third kappa shape index (κ3) is 2.80. The summed E-state index contributed by atoms with van der Waals surface area (Å²) in [6.07, 6.45) is 2.17. The van der Waals surface area contributed by atoms with Crippen molar-refractivity contribution in [1.82, 2.24) is 5.32 Å². The van der Waals surface area contributed by atoms with Crippen molar-refractivity contribution in [3.05, 3.63) is 70.0 Å². The van der Waals surface area contributed by atoms with Gasteiger partial charge >= 0.3 is 6.03 Å². The van der Waals surface area contributed by atoms with Crippen LogP contribution in [0.4, 0.5) is 20.6 Å². The van der Waals surface area contributed by atoms with Crippen molar-refractivity contribution in [2.45, 2.75) is 13.0 Å². The van der Waals surface area contributed by atoms with Crippen LogP contribution < -0.4 is 10.2 Å². The Morgan fingerprint density at radius 3 is 2.65 bits per heavy atom. The van der Waals surface area contributed by atoms with E-state index in [9.17, 15) is 9.18 Å². The molecule has 1 aliphatic heterocycles. The van der Waals surface area contributed by atoms with Gasteiger partial charge in [0.25, 0.3) is 0 Å². The molecule has 3 nitrogen and oxygen atoms in total. The highest BCUT2D eigenvalue weighted by molar-refractivity contribution is 6.40. The van der Waals surface area contributed by atoms with Crippen LogP contribution in [0.3, 0.4) is 0 Å². The SMILES string of the molecule is C=CCc1cc(F)c2c(c1)N(c1c(Cl)cccc1Cl)C(=O)NC2. The third-order valence-electron chi connectivity index (χ3n) is 3.63. The molecule has 0 spiro atoms.